The van der Waals surface area contributed by atoms with Crippen LogP contribution in [0.25, 0.3) is 0 Å². The summed E-state index contributed by atoms with van der Waals surface area (Å²) in [5.74, 6) is 0.916. The van der Waals surface area contributed by atoms with Gasteiger partial charge in [-0.2, -0.15) is 5.10 Å². The van der Waals surface area contributed by atoms with Crippen LogP contribution in [0.4, 0.5) is 0 Å². The highest BCUT2D eigenvalue weighted by Crippen LogP contribution is 2.17. The van der Waals surface area contributed by atoms with Crippen molar-refractivity contribution in [2.75, 3.05) is 12.4 Å². The molecule has 0 radical (unpaired) electrons. The minimum atomic E-state index is -0.143. The maximum Gasteiger partial charge on any atom is 0.250 e. The monoisotopic (exact) mass is 340 g/mol. The lowest BCUT2D eigenvalue weighted by atomic mass is 10.2. The third-order valence-corrected chi connectivity index (χ3v) is 4.03. The third kappa shape index (κ3) is 6.30. The summed E-state index contributed by atoms with van der Waals surface area (Å²) in [6.45, 7) is 6.10. The van der Waals surface area contributed by atoms with E-state index in [0.717, 1.165) is 16.2 Å². The topological polar surface area (TPSA) is 50.7 Å². The zero-order valence-electron chi connectivity index (χ0n) is 13.6. The van der Waals surface area contributed by atoms with Crippen LogP contribution in [0.2, 0.25) is 0 Å². The van der Waals surface area contributed by atoms with E-state index in [0.29, 0.717) is 12.4 Å². The molecule has 5 heteroatoms. The van der Waals surface area contributed by atoms with E-state index >= 15 is 0 Å². The summed E-state index contributed by atoms with van der Waals surface area (Å²) < 4.78 is 5.45. The predicted octanol–water partition coefficient (Wildman–Crippen LogP) is 3.80. The largest absolute Gasteiger partial charge is 0.490 e. The molecule has 0 spiro atoms. The molecule has 0 aromatic heterocycles. The summed E-state index contributed by atoms with van der Waals surface area (Å²) >= 11 is 1.48. The number of thioether (sulfide) groups is 1. The van der Waals surface area contributed by atoms with Crippen molar-refractivity contribution in [2.45, 2.75) is 11.8 Å². The first-order valence-electron chi connectivity index (χ1n) is 7.52. The minimum Gasteiger partial charge on any atom is -0.490 e. The highest BCUT2D eigenvalue weighted by atomic mass is 32.2. The number of nitrogens with one attached hydrogen (secondary N) is 1. The highest BCUT2D eigenvalue weighted by molar-refractivity contribution is 8.00. The Labute approximate surface area is 146 Å². The quantitative estimate of drug-likeness (QED) is 0.344. The lowest BCUT2D eigenvalue weighted by Gasteiger charge is -2.03. The van der Waals surface area contributed by atoms with Crippen molar-refractivity contribution in [1.82, 2.24) is 5.43 Å². The predicted molar refractivity (Wildman–Crippen MR) is 99.8 cm³/mol. The molecule has 4 nitrogen and oxygen atoms in total. The smallest absolute Gasteiger partial charge is 0.250 e. The molecule has 24 heavy (non-hydrogen) atoms. The highest BCUT2D eigenvalue weighted by Gasteiger charge is 2.01. The molecule has 0 bridgehead atoms. The van der Waals surface area contributed by atoms with Crippen molar-refractivity contribution in [3.8, 4) is 5.75 Å². The van der Waals surface area contributed by atoms with Gasteiger partial charge in [0, 0.05) is 4.90 Å². The molecule has 124 valence electrons. The lowest BCUT2D eigenvalue weighted by molar-refractivity contribution is -0.118. The van der Waals surface area contributed by atoms with E-state index in [2.05, 4.69) is 17.1 Å². The molecule has 0 saturated carbocycles. The first kappa shape index (κ1) is 17.8. The Kier molecular flexibility index (Phi) is 7.11. The standard InChI is InChI=1S/C19H20N2O2S/c1-3-11-23-17-6-4-5-16(12-17)13-20-21-19(22)14-24-18-9-7-15(2)8-10-18/h3-10,12-13H,1,11,14H2,2H3,(H,21,22)/b20-13-. The van der Waals surface area contributed by atoms with Crippen LogP contribution in [-0.2, 0) is 4.79 Å². The summed E-state index contributed by atoms with van der Waals surface area (Å²) in [6.07, 6.45) is 3.28. The van der Waals surface area contributed by atoms with Gasteiger partial charge in [-0.25, -0.2) is 5.43 Å². The number of nitrogens with zero attached hydrogens (tertiary/aromatic N) is 1. The second-order valence-corrected chi connectivity index (χ2v) is 6.12. The van der Waals surface area contributed by atoms with E-state index in [-0.39, 0.29) is 5.91 Å². The van der Waals surface area contributed by atoms with E-state index in [1.165, 1.54) is 17.3 Å². The van der Waals surface area contributed by atoms with Gasteiger partial charge >= 0.3 is 0 Å². The molecular formula is C19H20N2O2S. The molecule has 0 saturated heterocycles. The lowest BCUT2D eigenvalue weighted by Crippen LogP contribution is -2.19. The number of hydrogen-bond donors (Lipinski definition) is 1. The molecular weight excluding hydrogens is 320 g/mol. The zero-order valence-corrected chi connectivity index (χ0v) is 14.4. The second-order valence-electron chi connectivity index (χ2n) is 5.07. The van der Waals surface area contributed by atoms with Gasteiger partial charge in [0.1, 0.15) is 12.4 Å². The van der Waals surface area contributed by atoms with Crippen molar-refractivity contribution in [3.05, 3.63) is 72.3 Å². The molecule has 1 amide bonds. The fourth-order valence-corrected chi connectivity index (χ4v) is 2.53. The van der Waals surface area contributed by atoms with Gasteiger partial charge in [-0.05, 0) is 36.8 Å². The first-order valence-corrected chi connectivity index (χ1v) is 8.51. The van der Waals surface area contributed by atoms with Crippen molar-refractivity contribution in [2.24, 2.45) is 5.10 Å². The summed E-state index contributed by atoms with van der Waals surface area (Å²) in [7, 11) is 0. The third-order valence-electron chi connectivity index (χ3n) is 3.02. The van der Waals surface area contributed by atoms with Crippen LogP contribution in [-0.4, -0.2) is 24.5 Å². The number of aryl methyl sites for hydroxylation is 1. The van der Waals surface area contributed by atoms with E-state index < -0.39 is 0 Å². The number of rotatable bonds is 8. The number of benzene rings is 2. The summed E-state index contributed by atoms with van der Waals surface area (Å²) in [5.41, 5.74) is 4.58. The zero-order chi connectivity index (χ0) is 17.2. The molecule has 0 fully saturated rings. The molecule has 2 rings (SSSR count). The van der Waals surface area contributed by atoms with Gasteiger partial charge in [0.15, 0.2) is 0 Å². The molecule has 0 unspecified atom stereocenters. The van der Waals surface area contributed by atoms with Crippen molar-refractivity contribution in [3.63, 3.8) is 0 Å². The Morgan fingerprint density at radius 3 is 2.83 bits per heavy atom. The van der Waals surface area contributed by atoms with Gasteiger partial charge in [0.05, 0.1) is 12.0 Å². The molecule has 0 aliphatic heterocycles. The Bertz CT molecular complexity index is 712. The number of ether oxygens (including phenoxy) is 1. The van der Waals surface area contributed by atoms with Crippen LogP contribution in [0.15, 0.2) is 71.2 Å². The minimum absolute atomic E-state index is 0.143. The molecule has 0 aliphatic carbocycles. The van der Waals surface area contributed by atoms with Gasteiger partial charge in [-0.3, -0.25) is 4.79 Å². The molecule has 2 aromatic carbocycles. The second kappa shape index (κ2) is 9.57. The maximum absolute atomic E-state index is 11.8. The average molecular weight is 340 g/mol. The van der Waals surface area contributed by atoms with Gasteiger partial charge in [0.2, 0.25) is 5.91 Å². The average Bonchev–Trinajstić information content (AvgIpc) is 2.60. The van der Waals surface area contributed by atoms with Crippen molar-refractivity contribution < 1.29 is 9.53 Å². The summed E-state index contributed by atoms with van der Waals surface area (Å²) in [6, 6.07) is 15.5. The van der Waals surface area contributed by atoms with Crippen molar-refractivity contribution >= 4 is 23.9 Å². The van der Waals surface area contributed by atoms with E-state index in [9.17, 15) is 4.79 Å². The van der Waals surface area contributed by atoms with E-state index in [1.54, 1.807) is 12.3 Å². The van der Waals surface area contributed by atoms with E-state index in [4.69, 9.17) is 4.74 Å². The fourth-order valence-electron chi connectivity index (χ4n) is 1.83. The van der Waals surface area contributed by atoms with Crippen molar-refractivity contribution in [1.29, 1.82) is 0 Å². The Hall–Kier alpha value is -2.53. The van der Waals surface area contributed by atoms with Crippen LogP contribution in [0.1, 0.15) is 11.1 Å². The van der Waals surface area contributed by atoms with Gasteiger partial charge < -0.3 is 4.74 Å². The van der Waals surface area contributed by atoms with Crippen LogP contribution in [0, 0.1) is 6.92 Å². The van der Waals surface area contributed by atoms with E-state index in [1.807, 2.05) is 55.5 Å². The van der Waals surface area contributed by atoms with Gasteiger partial charge in [0.25, 0.3) is 0 Å². The first-order chi connectivity index (χ1) is 11.7. The number of carbonyl (C=O) groups is 1. The molecule has 0 aliphatic rings. The Balaban J connectivity index is 1.79. The Morgan fingerprint density at radius 2 is 2.08 bits per heavy atom. The number of hydrogen-bond acceptors (Lipinski definition) is 4. The Morgan fingerprint density at radius 1 is 1.29 bits per heavy atom. The molecule has 0 heterocycles. The summed E-state index contributed by atoms with van der Waals surface area (Å²) in [5, 5.41) is 3.98. The normalized spacial score (nSPS) is 10.5. The van der Waals surface area contributed by atoms with Crippen LogP contribution in [0.3, 0.4) is 0 Å². The van der Waals surface area contributed by atoms with Crippen LogP contribution >= 0.6 is 11.8 Å². The summed E-state index contributed by atoms with van der Waals surface area (Å²) in [4.78, 5) is 12.9. The molecule has 1 N–H and O–H groups in total. The van der Waals surface area contributed by atoms with Gasteiger partial charge in [-0.1, -0.05) is 42.5 Å². The molecule has 0 atom stereocenters. The number of hydrazone groups is 1. The maximum atomic E-state index is 11.8. The fraction of sp³-hybridized carbons (Fsp3) is 0.158. The SMILES string of the molecule is C=CCOc1cccc(/C=N\NC(=O)CSc2ccc(C)cc2)c1. The van der Waals surface area contributed by atoms with Gasteiger partial charge in [-0.15, -0.1) is 11.8 Å². The molecule has 2 aromatic rings. The number of amides is 1. The number of carbonyl (C=O) groups excluding carboxylic acids is 1. The van der Waals surface area contributed by atoms with Crippen LogP contribution in [0.5, 0.6) is 5.75 Å². The van der Waals surface area contributed by atoms with Crippen LogP contribution < -0.4 is 10.2 Å².